The van der Waals surface area contributed by atoms with E-state index in [0.29, 0.717) is 24.1 Å². The maximum absolute atomic E-state index is 13.8. The lowest BCUT2D eigenvalue weighted by atomic mass is 10.1. The lowest BCUT2D eigenvalue weighted by molar-refractivity contribution is 0.172. The van der Waals surface area contributed by atoms with Crippen LogP contribution in [0.5, 0.6) is 5.75 Å². The Morgan fingerprint density at radius 1 is 1.05 bits per heavy atom. The van der Waals surface area contributed by atoms with Crippen molar-refractivity contribution < 1.29 is 13.5 Å². The SMILES string of the molecule is Nc1ccc(OC2(c3ccc(Cl)c(F)c3)CC2)c(F)c1. The fraction of sp³-hybridized carbons (Fsp3) is 0.200. The maximum atomic E-state index is 13.8. The number of ether oxygens (including phenoxy) is 1. The first-order valence-corrected chi connectivity index (χ1v) is 6.58. The first-order chi connectivity index (χ1) is 9.50. The van der Waals surface area contributed by atoms with Crippen LogP contribution in [0.2, 0.25) is 5.02 Å². The molecular weight excluding hydrogens is 284 g/mol. The van der Waals surface area contributed by atoms with Crippen LogP contribution in [0.4, 0.5) is 14.5 Å². The van der Waals surface area contributed by atoms with Crippen LogP contribution in [-0.4, -0.2) is 0 Å². The van der Waals surface area contributed by atoms with Crippen LogP contribution >= 0.6 is 11.6 Å². The smallest absolute Gasteiger partial charge is 0.167 e. The molecule has 2 nitrogen and oxygen atoms in total. The second kappa shape index (κ2) is 4.63. The van der Waals surface area contributed by atoms with Crippen molar-refractivity contribution in [3.05, 3.63) is 58.6 Å². The minimum atomic E-state index is -0.664. The monoisotopic (exact) mass is 295 g/mol. The molecular formula is C15H12ClF2NO. The molecule has 3 rings (SSSR count). The summed E-state index contributed by atoms with van der Waals surface area (Å²) < 4.78 is 33.0. The van der Waals surface area contributed by atoms with Gasteiger partial charge in [0, 0.05) is 11.8 Å². The number of halogens is 3. The summed E-state index contributed by atoms with van der Waals surface area (Å²) in [5.74, 6) is -0.908. The third-order valence-corrected chi connectivity index (χ3v) is 3.72. The second-order valence-corrected chi connectivity index (χ2v) is 5.32. The summed E-state index contributed by atoms with van der Waals surface area (Å²) in [6.45, 7) is 0. The normalized spacial score (nSPS) is 15.9. The minimum absolute atomic E-state index is 0.0585. The summed E-state index contributed by atoms with van der Waals surface area (Å²) >= 11 is 5.66. The third-order valence-electron chi connectivity index (χ3n) is 3.41. The number of rotatable bonds is 3. The molecule has 0 radical (unpaired) electrons. The van der Waals surface area contributed by atoms with Gasteiger partial charge in [0.1, 0.15) is 11.4 Å². The van der Waals surface area contributed by atoms with Crippen molar-refractivity contribution in [1.82, 2.24) is 0 Å². The Morgan fingerprint density at radius 3 is 2.40 bits per heavy atom. The van der Waals surface area contributed by atoms with E-state index >= 15 is 0 Å². The summed E-state index contributed by atoms with van der Waals surface area (Å²) in [7, 11) is 0. The first-order valence-electron chi connectivity index (χ1n) is 6.20. The molecule has 0 saturated heterocycles. The van der Waals surface area contributed by atoms with Crippen LogP contribution in [0.3, 0.4) is 0 Å². The van der Waals surface area contributed by atoms with Crippen LogP contribution in [0.25, 0.3) is 0 Å². The van der Waals surface area contributed by atoms with Crippen molar-refractivity contribution in [2.75, 3.05) is 5.73 Å². The number of anilines is 1. The van der Waals surface area contributed by atoms with Gasteiger partial charge in [0.15, 0.2) is 11.6 Å². The van der Waals surface area contributed by atoms with E-state index in [1.54, 1.807) is 12.1 Å². The van der Waals surface area contributed by atoms with Gasteiger partial charge < -0.3 is 10.5 Å². The topological polar surface area (TPSA) is 35.2 Å². The lowest BCUT2D eigenvalue weighted by Crippen LogP contribution is -2.16. The van der Waals surface area contributed by atoms with E-state index in [2.05, 4.69) is 0 Å². The van der Waals surface area contributed by atoms with Crippen molar-refractivity contribution >= 4 is 17.3 Å². The molecule has 0 spiro atoms. The van der Waals surface area contributed by atoms with E-state index in [1.165, 1.54) is 24.3 Å². The van der Waals surface area contributed by atoms with Crippen LogP contribution in [0, 0.1) is 11.6 Å². The average molecular weight is 296 g/mol. The highest BCUT2D eigenvalue weighted by Gasteiger charge is 2.48. The molecule has 0 aliphatic heterocycles. The van der Waals surface area contributed by atoms with Crippen molar-refractivity contribution in [3.8, 4) is 5.75 Å². The quantitative estimate of drug-likeness (QED) is 0.858. The summed E-state index contributed by atoms with van der Waals surface area (Å²) in [5.41, 5.74) is 5.82. The summed E-state index contributed by atoms with van der Waals surface area (Å²) in [6, 6.07) is 8.77. The van der Waals surface area contributed by atoms with Crippen LogP contribution in [0.1, 0.15) is 18.4 Å². The van der Waals surface area contributed by atoms with Gasteiger partial charge in [-0.1, -0.05) is 17.7 Å². The minimum Gasteiger partial charge on any atom is -0.479 e. The molecule has 0 amide bonds. The van der Waals surface area contributed by atoms with E-state index in [-0.39, 0.29) is 10.8 Å². The van der Waals surface area contributed by atoms with Gasteiger partial charge in [-0.15, -0.1) is 0 Å². The Kier molecular flexibility index (Phi) is 3.05. The van der Waals surface area contributed by atoms with E-state index < -0.39 is 17.2 Å². The fourth-order valence-corrected chi connectivity index (χ4v) is 2.27. The van der Waals surface area contributed by atoms with Gasteiger partial charge in [-0.05, 0) is 42.7 Å². The zero-order valence-electron chi connectivity index (χ0n) is 10.5. The molecule has 1 saturated carbocycles. The van der Waals surface area contributed by atoms with Gasteiger partial charge in [-0.25, -0.2) is 8.78 Å². The van der Waals surface area contributed by atoms with Gasteiger partial charge >= 0.3 is 0 Å². The maximum Gasteiger partial charge on any atom is 0.167 e. The summed E-state index contributed by atoms with van der Waals surface area (Å²) in [5, 5.41) is 0.0585. The Balaban J connectivity index is 1.91. The Morgan fingerprint density at radius 2 is 1.80 bits per heavy atom. The Hall–Kier alpha value is -1.81. The number of benzene rings is 2. The molecule has 20 heavy (non-hydrogen) atoms. The standard InChI is InChI=1S/C15H12ClF2NO/c16-11-3-1-9(7-12(11)17)15(5-6-15)20-14-4-2-10(19)8-13(14)18/h1-4,7-8H,5-6,19H2. The lowest BCUT2D eigenvalue weighted by Gasteiger charge is -2.19. The van der Waals surface area contributed by atoms with Gasteiger partial charge in [0.05, 0.1) is 5.02 Å². The molecule has 1 aliphatic carbocycles. The largest absolute Gasteiger partial charge is 0.479 e. The van der Waals surface area contributed by atoms with Crippen LogP contribution in [0.15, 0.2) is 36.4 Å². The summed E-state index contributed by atoms with van der Waals surface area (Å²) in [6.07, 6.45) is 1.41. The molecule has 104 valence electrons. The van der Waals surface area contributed by atoms with E-state index in [0.717, 1.165) is 0 Å². The van der Waals surface area contributed by atoms with Crippen molar-refractivity contribution in [2.24, 2.45) is 0 Å². The number of hydrogen-bond acceptors (Lipinski definition) is 2. The van der Waals surface area contributed by atoms with Crippen molar-refractivity contribution in [2.45, 2.75) is 18.4 Å². The molecule has 5 heteroatoms. The molecule has 0 atom stereocenters. The molecule has 0 aromatic heterocycles. The van der Waals surface area contributed by atoms with E-state index in [1.807, 2.05) is 0 Å². The van der Waals surface area contributed by atoms with E-state index in [9.17, 15) is 8.78 Å². The molecule has 1 aliphatic rings. The molecule has 0 bridgehead atoms. The van der Waals surface area contributed by atoms with Gasteiger partial charge in [-0.3, -0.25) is 0 Å². The molecule has 0 unspecified atom stereocenters. The Bertz CT molecular complexity index is 671. The average Bonchev–Trinajstić information content (AvgIpc) is 3.17. The van der Waals surface area contributed by atoms with Crippen molar-refractivity contribution in [1.29, 1.82) is 0 Å². The van der Waals surface area contributed by atoms with E-state index in [4.69, 9.17) is 22.1 Å². The summed E-state index contributed by atoms with van der Waals surface area (Å²) in [4.78, 5) is 0. The van der Waals surface area contributed by atoms with Gasteiger partial charge in [0.2, 0.25) is 0 Å². The predicted molar refractivity (Wildman–Crippen MR) is 73.8 cm³/mol. The van der Waals surface area contributed by atoms with Gasteiger partial charge in [0.25, 0.3) is 0 Å². The Labute approximate surface area is 120 Å². The first kappa shape index (κ1) is 13.2. The highest BCUT2D eigenvalue weighted by atomic mass is 35.5. The van der Waals surface area contributed by atoms with Crippen LogP contribution < -0.4 is 10.5 Å². The highest BCUT2D eigenvalue weighted by molar-refractivity contribution is 6.30. The zero-order valence-corrected chi connectivity index (χ0v) is 11.3. The molecule has 0 heterocycles. The number of hydrogen-bond donors (Lipinski definition) is 1. The molecule has 2 N–H and O–H groups in total. The molecule has 1 fully saturated rings. The molecule has 2 aromatic rings. The molecule has 2 aromatic carbocycles. The third kappa shape index (κ3) is 2.31. The predicted octanol–water partition coefficient (Wildman–Crippen LogP) is 4.27. The fourth-order valence-electron chi connectivity index (χ4n) is 2.15. The second-order valence-electron chi connectivity index (χ2n) is 4.92. The van der Waals surface area contributed by atoms with Gasteiger partial charge in [-0.2, -0.15) is 0 Å². The zero-order chi connectivity index (χ0) is 14.3. The van der Waals surface area contributed by atoms with Crippen molar-refractivity contribution in [3.63, 3.8) is 0 Å². The highest BCUT2D eigenvalue weighted by Crippen LogP contribution is 2.50. The number of nitrogens with two attached hydrogens (primary N) is 1. The van der Waals surface area contributed by atoms with Crippen LogP contribution in [-0.2, 0) is 5.60 Å². The number of nitrogen functional groups attached to an aromatic ring is 1.